The molecule has 1 N–H and O–H groups in total. The van der Waals surface area contributed by atoms with Crippen LogP contribution in [0, 0.1) is 0 Å². The molecular formula is C19H16BrN3O3S. The minimum absolute atomic E-state index is 0.113. The van der Waals surface area contributed by atoms with E-state index in [2.05, 4.69) is 26.2 Å². The number of nitrogens with zero attached hydrogens (tertiary/aromatic N) is 2. The number of pyridine rings is 1. The molecular weight excluding hydrogens is 430 g/mol. The van der Waals surface area contributed by atoms with Crippen molar-refractivity contribution in [3.63, 3.8) is 0 Å². The minimum atomic E-state index is -3.91. The van der Waals surface area contributed by atoms with E-state index in [1.54, 1.807) is 60.8 Å². The van der Waals surface area contributed by atoms with Crippen LogP contribution in [0.4, 0.5) is 11.4 Å². The maximum absolute atomic E-state index is 13.1. The average Bonchev–Trinajstić information content (AvgIpc) is 2.68. The molecule has 0 bridgehead atoms. The molecule has 0 fully saturated rings. The Morgan fingerprint density at radius 1 is 1.00 bits per heavy atom. The third-order valence-electron chi connectivity index (χ3n) is 3.68. The van der Waals surface area contributed by atoms with Crippen LogP contribution in [0.3, 0.4) is 0 Å². The average molecular weight is 446 g/mol. The summed E-state index contributed by atoms with van der Waals surface area (Å²) in [6.45, 7) is -0.367. The number of halogens is 1. The van der Waals surface area contributed by atoms with Gasteiger partial charge in [-0.15, -0.1) is 0 Å². The third-order valence-corrected chi connectivity index (χ3v) is 6.00. The first kappa shape index (κ1) is 19.1. The number of sulfonamides is 1. The van der Waals surface area contributed by atoms with Crippen molar-refractivity contribution in [1.82, 2.24) is 4.98 Å². The summed E-state index contributed by atoms with van der Waals surface area (Å²) in [6, 6.07) is 18.1. The Morgan fingerprint density at radius 3 is 2.33 bits per heavy atom. The fourth-order valence-corrected chi connectivity index (χ4v) is 4.12. The van der Waals surface area contributed by atoms with Gasteiger partial charge >= 0.3 is 0 Å². The standard InChI is InChI=1S/C19H16BrN3O3S/c20-15-8-10-17(11-9-15)23(27(25,26)18-6-2-1-3-7-18)14-19(24)22-16-5-4-12-21-13-16/h1-13H,14H2,(H,22,24). The maximum atomic E-state index is 13.1. The van der Waals surface area contributed by atoms with Crippen molar-refractivity contribution >= 4 is 43.2 Å². The van der Waals surface area contributed by atoms with Crippen LogP contribution >= 0.6 is 15.9 Å². The van der Waals surface area contributed by atoms with Crippen LogP contribution in [-0.2, 0) is 14.8 Å². The number of amides is 1. The minimum Gasteiger partial charge on any atom is -0.323 e. The van der Waals surface area contributed by atoms with E-state index in [0.29, 0.717) is 11.4 Å². The van der Waals surface area contributed by atoms with Crippen LogP contribution in [0.5, 0.6) is 0 Å². The van der Waals surface area contributed by atoms with Crippen molar-refractivity contribution in [1.29, 1.82) is 0 Å². The van der Waals surface area contributed by atoms with Crippen molar-refractivity contribution < 1.29 is 13.2 Å². The number of hydrogen-bond donors (Lipinski definition) is 1. The Balaban J connectivity index is 1.93. The van der Waals surface area contributed by atoms with Crippen molar-refractivity contribution in [3.05, 3.63) is 83.6 Å². The quantitative estimate of drug-likeness (QED) is 0.627. The number of carbonyl (C=O) groups excluding carboxylic acids is 1. The van der Waals surface area contributed by atoms with Gasteiger partial charge in [-0.3, -0.25) is 14.1 Å². The van der Waals surface area contributed by atoms with Gasteiger partial charge in [-0.25, -0.2) is 8.42 Å². The molecule has 0 saturated carbocycles. The van der Waals surface area contributed by atoms with Gasteiger partial charge in [-0.2, -0.15) is 0 Å². The summed E-state index contributed by atoms with van der Waals surface area (Å²) in [4.78, 5) is 16.5. The summed E-state index contributed by atoms with van der Waals surface area (Å²) in [7, 11) is -3.91. The molecule has 0 aliphatic rings. The first-order valence-corrected chi connectivity index (χ1v) is 10.2. The van der Waals surface area contributed by atoms with Gasteiger partial charge in [0.1, 0.15) is 6.54 Å². The van der Waals surface area contributed by atoms with E-state index in [-0.39, 0.29) is 11.4 Å². The second-order valence-electron chi connectivity index (χ2n) is 5.59. The summed E-state index contributed by atoms with van der Waals surface area (Å²) in [6.07, 6.45) is 3.08. The predicted octanol–water partition coefficient (Wildman–Crippen LogP) is 3.68. The van der Waals surface area contributed by atoms with Crippen molar-refractivity contribution in [2.75, 3.05) is 16.2 Å². The number of hydrogen-bond acceptors (Lipinski definition) is 4. The molecule has 1 amide bonds. The Bertz CT molecular complexity index is 1010. The fraction of sp³-hybridized carbons (Fsp3) is 0.0526. The van der Waals surface area contributed by atoms with Gasteiger partial charge in [0.25, 0.3) is 10.0 Å². The first-order chi connectivity index (χ1) is 13.0. The lowest BCUT2D eigenvalue weighted by Gasteiger charge is -2.24. The lowest BCUT2D eigenvalue weighted by molar-refractivity contribution is -0.114. The largest absolute Gasteiger partial charge is 0.323 e. The molecule has 2 aromatic carbocycles. The Kier molecular flexibility index (Phi) is 5.88. The summed E-state index contributed by atoms with van der Waals surface area (Å²) in [5.74, 6) is -0.467. The van der Waals surface area contributed by atoms with Crippen LogP contribution in [0.15, 0.2) is 88.5 Å². The summed E-state index contributed by atoms with van der Waals surface area (Å²) in [5.41, 5.74) is 0.888. The smallest absolute Gasteiger partial charge is 0.264 e. The Hall–Kier alpha value is -2.71. The Morgan fingerprint density at radius 2 is 1.70 bits per heavy atom. The molecule has 0 saturated heterocycles. The summed E-state index contributed by atoms with van der Waals surface area (Å²) >= 11 is 3.33. The van der Waals surface area contributed by atoms with E-state index in [9.17, 15) is 13.2 Å². The topological polar surface area (TPSA) is 79.4 Å². The van der Waals surface area contributed by atoms with Gasteiger partial charge in [-0.05, 0) is 48.5 Å². The number of nitrogens with one attached hydrogen (secondary N) is 1. The highest BCUT2D eigenvalue weighted by atomic mass is 79.9. The number of benzene rings is 2. The molecule has 27 heavy (non-hydrogen) atoms. The number of aromatic nitrogens is 1. The molecule has 3 rings (SSSR count). The number of carbonyl (C=O) groups is 1. The highest BCUT2D eigenvalue weighted by Gasteiger charge is 2.27. The molecule has 3 aromatic rings. The molecule has 1 heterocycles. The molecule has 0 unspecified atom stereocenters. The van der Waals surface area contributed by atoms with E-state index in [4.69, 9.17) is 0 Å². The third kappa shape index (κ3) is 4.72. The lowest BCUT2D eigenvalue weighted by Crippen LogP contribution is -2.38. The van der Waals surface area contributed by atoms with Gasteiger partial charge in [0.15, 0.2) is 0 Å². The maximum Gasteiger partial charge on any atom is 0.264 e. The van der Waals surface area contributed by atoms with Crippen molar-refractivity contribution in [2.24, 2.45) is 0 Å². The van der Waals surface area contributed by atoms with Crippen LogP contribution in [0.25, 0.3) is 0 Å². The van der Waals surface area contributed by atoms with Gasteiger partial charge in [0.05, 0.1) is 22.5 Å². The number of rotatable bonds is 6. The van der Waals surface area contributed by atoms with Crippen LogP contribution in [-0.4, -0.2) is 25.9 Å². The van der Waals surface area contributed by atoms with Crippen molar-refractivity contribution in [3.8, 4) is 0 Å². The molecule has 0 spiro atoms. The lowest BCUT2D eigenvalue weighted by atomic mass is 10.3. The number of anilines is 2. The molecule has 0 aliphatic heterocycles. The molecule has 0 atom stereocenters. The highest BCUT2D eigenvalue weighted by Crippen LogP contribution is 2.25. The van der Waals surface area contributed by atoms with E-state index < -0.39 is 15.9 Å². The zero-order valence-corrected chi connectivity index (χ0v) is 16.5. The van der Waals surface area contributed by atoms with Gasteiger partial charge in [-0.1, -0.05) is 34.1 Å². The fourth-order valence-electron chi connectivity index (χ4n) is 2.41. The van der Waals surface area contributed by atoms with E-state index in [0.717, 1.165) is 8.78 Å². The highest BCUT2D eigenvalue weighted by molar-refractivity contribution is 9.10. The second-order valence-corrected chi connectivity index (χ2v) is 8.37. The normalized spacial score (nSPS) is 11.0. The van der Waals surface area contributed by atoms with Gasteiger partial charge < -0.3 is 5.32 Å². The summed E-state index contributed by atoms with van der Waals surface area (Å²) in [5, 5.41) is 2.66. The molecule has 0 aliphatic carbocycles. The molecule has 6 nitrogen and oxygen atoms in total. The monoisotopic (exact) mass is 445 g/mol. The first-order valence-electron chi connectivity index (χ1n) is 8.00. The van der Waals surface area contributed by atoms with E-state index in [1.165, 1.54) is 18.3 Å². The molecule has 8 heteroatoms. The zero-order valence-electron chi connectivity index (χ0n) is 14.1. The van der Waals surface area contributed by atoms with Crippen molar-refractivity contribution in [2.45, 2.75) is 4.90 Å². The Labute approximate surface area is 166 Å². The molecule has 138 valence electrons. The van der Waals surface area contributed by atoms with Crippen LogP contribution < -0.4 is 9.62 Å². The molecule has 1 aromatic heterocycles. The summed E-state index contributed by atoms with van der Waals surface area (Å²) < 4.78 is 28.1. The van der Waals surface area contributed by atoms with Crippen LogP contribution in [0.1, 0.15) is 0 Å². The van der Waals surface area contributed by atoms with E-state index >= 15 is 0 Å². The van der Waals surface area contributed by atoms with Crippen LogP contribution in [0.2, 0.25) is 0 Å². The SMILES string of the molecule is O=C(CN(c1ccc(Br)cc1)S(=O)(=O)c1ccccc1)Nc1cccnc1. The second kappa shape index (κ2) is 8.32. The predicted molar refractivity (Wildman–Crippen MR) is 108 cm³/mol. The zero-order chi connectivity index (χ0) is 19.3. The molecule has 0 radical (unpaired) electrons. The van der Waals surface area contributed by atoms with Gasteiger partial charge in [0, 0.05) is 10.7 Å². The van der Waals surface area contributed by atoms with Gasteiger partial charge in [0.2, 0.25) is 5.91 Å². The van der Waals surface area contributed by atoms with E-state index in [1.807, 2.05) is 0 Å².